The first-order valence-electron chi connectivity index (χ1n) is 7.67. The number of rotatable bonds is 3. The quantitative estimate of drug-likeness (QED) is 0.839. The molecule has 1 amide bonds. The lowest BCUT2D eigenvalue weighted by atomic mass is 9.84. The second kappa shape index (κ2) is 5.83. The van der Waals surface area contributed by atoms with Crippen LogP contribution in [0.5, 0.6) is 0 Å². The van der Waals surface area contributed by atoms with E-state index in [-0.39, 0.29) is 0 Å². The molecule has 22 heavy (non-hydrogen) atoms. The fourth-order valence-electron chi connectivity index (χ4n) is 3.11. The van der Waals surface area contributed by atoms with Gasteiger partial charge in [0.25, 0.3) is 5.91 Å². The standard InChI is InChI=1S/C17H20N2O3/c18-16(21)17(8-4-1-5-9-17)22-15(20)13-10-12-6-2-3-7-14(12)19-11-13/h2-3,6-7,10,19H,1,4-5,8-9,11H2,(H2,18,21). The van der Waals surface area contributed by atoms with Crippen molar-refractivity contribution in [2.45, 2.75) is 37.7 Å². The van der Waals surface area contributed by atoms with E-state index in [2.05, 4.69) is 5.32 Å². The monoisotopic (exact) mass is 300 g/mol. The number of nitrogens with one attached hydrogen (secondary N) is 1. The number of hydrogen-bond donors (Lipinski definition) is 2. The van der Waals surface area contributed by atoms with Crippen LogP contribution in [-0.2, 0) is 14.3 Å². The minimum atomic E-state index is -1.13. The van der Waals surface area contributed by atoms with E-state index in [1.807, 2.05) is 30.3 Å². The molecule has 2 aliphatic rings. The van der Waals surface area contributed by atoms with Crippen molar-refractivity contribution in [3.8, 4) is 0 Å². The molecule has 1 heterocycles. The lowest BCUT2D eigenvalue weighted by Gasteiger charge is -2.34. The summed E-state index contributed by atoms with van der Waals surface area (Å²) >= 11 is 0. The summed E-state index contributed by atoms with van der Waals surface area (Å²) in [7, 11) is 0. The average molecular weight is 300 g/mol. The number of esters is 1. The highest BCUT2D eigenvalue weighted by Crippen LogP contribution is 2.33. The highest BCUT2D eigenvalue weighted by molar-refractivity contribution is 5.99. The van der Waals surface area contributed by atoms with Gasteiger partial charge in [0.1, 0.15) is 0 Å². The molecular weight excluding hydrogens is 280 g/mol. The summed E-state index contributed by atoms with van der Waals surface area (Å²) in [5.41, 5.74) is 6.82. The number of ether oxygens (including phenoxy) is 1. The van der Waals surface area contributed by atoms with Gasteiger partial charge < -0.3 is 15.8 Å². The Morgan fingerprint density at radius 1 is 1.14 bits per heavy atom. The molecule has 1 aliphatic carbocycles. The molecule has 116 valence electrons. The van der Waals surface area contributed by atoms with E-state index >= 15 is 0 Å². The van der Waals surface area contributed by atoms with E-state index in [1.165, 1.54) is 0 Å². The van der Waals surface area contributed by atoms with Crippen LogP contribution < -0.4 is 11.1 Å². The van der Waals surface area contributed by atoms with Gasteiger partial charge in [0.05, 0.1) is 5.57 Å². The number of nitrogens with two attached hydrogens (primary N) is 1. The number of hydrogen-bond acceptors (Lipinski definition) is 4. The van der Waals surface area contributed by atoms with Crippen molar-refractivity contribution < 1.29 is 14.3 Å². The zero-order valence-corrected chi connectivity index (χ0v) is 12.4. The molecule has 5 heteroatoms. The largest absolute Gasteiger partial charge is 0.446 e. The van der Waals surface area contributed by atoms with E-state index in [4.69, 9.17) is 10.5 Å². The summed E-state index contributed by atoms with van der Waals surface area (Å²) in [6, 6.07) is 7.74. The molecule has 1 aliphatic heterocycles. The molecular formula is C17H20N2O3. The third-order valence-corrected chi connectivity index (χ3v) is 4.42. The topological polar surface area (TPSA) is 81.4 Å². The number of fused-ring (bicyclic) bond motifs is 1. The fraction of sp³-hybridized carbons (Fsp3) is 0.412. The summed E-state index contributed by atoms with van der Waals surface area (Å²) < 4.78 is 5.57. The van der Waals surface area contributed by atoms with Crippen LogP contribution in [0.3, 0.4) is 0 Å². The van der Waals surface area contributed by atoms with Crippen molar-refractivity contribution in [2.75, 3.05) is 11.9 Å². The van der Waals surface area contributed by atoms with Crippen molar-refractivity contribution in [2.24, 2.45) is 5.73 Å². The Morgan fingerprint density at radius 2 is 1.86 bits per heavy atom. The maximum atomic E-state index is 12.4. The van der Waals surface area contributed by atoms with Gasteiger partial charge in [0.15, 0.2) is 5.60 Å². The van der Waals surface area contributed by atoms with Crippen LogP contribution in [0.25, 0.3) is 6.08 Å². The molecule has 1 aromatic carbocycles. The van der Waals surface area contributed by atoms with Gasteiger partial charge in [0.2, 0.25) is 0 Å². The van der Waals surface area contributed by atoms with Gasteiger partial charge in [-0.2, -0.15) is 0 Å². The van der Waals surface area contributed by atoms with Crippen molar-refractivity contribution >= 4 is 23.6 Å². The van der Waals surface area contributed by atoms with Crippen LogP contribution in [0.15, 0.2) is 29.8 Å². The molecule has 0 unspecified atom stereocenters. The van der Waals surface area contributed by atoms with Crippen molar-refractivity contribution in [1.29, 1.82) is 0 Å². The lowest BCUT2D eigenvalue weighted by Crippen LogP contribution is -2.49. The van der Waals surface area contributed by atoms with Gasteiger partial charge in [0, 0.05) is 12.2 Å². The maximum absolute atomic E-state index is 12.4. The molecule has 1 saturated carbocycles. The highest BCUT2D eigenvalue weighted by Gasteiger charge is 2.42. The molecule has 0 radical (unpaired) electrons. The van der Waals surface area contributed by atoms with Crippen LogP contribution in [0, 0.1) is 0 Å². The minimum absolute atomic E-state index is 0.394. The summed E-state index contributed by atoms with van der Waals surface area (Å²) in [4.78, 5) is 24.3. The zero-order valence-electron chi connectivity index (χ0n) is 12.4. The number of primary amides is 1. The molecule has 0 aromatic heterocycles. The number of carbonyl (C=O) groups is 2. The van der Waals surface area contributed by atoms with E-state index in [1.54, 1.807) is 0 Å². The first-order chi connectivity index (χ1) is 10.6. The van der Waals surface area contributed by atoms with Gasteiger partial charge >= 0.3 is 5.97 Å². The van der Waals surface area contributed by atoms with Gasteiger partial charge in [-0.05, 0) is 43.4 Å². The summed E-state index contributed by atoms with van der Waals surface area (Å²) in [6.45, 7) is 0.394. The molecule has 3 rings (SSSR count). The average Bonchev–Trinajstić information content (AvgIpc) is 2.55. The first-order valence-corrected chi connectivity index (χ1v) is 7.67. The molecule has 0 atom stereocenters. The van der Waals surface area contributed by atoms with Crippen LogP contribution in [-0.4, -0.2) is 24.0 Å². The molecule has 0 bridgehead atoms. The zero-order chi connectivity index (χ0) is 15.6. The highest BCUT2D eigenvalue weighted by atomic mass is 16.6. The van der Waals surface area contributed by atoms with Crippen molar-refractivity contribution in [3.63, 3.8) is 0 Å². The van der Waals surface area contributed by atoms with E-state index in [0.717, 1.165) is 30.5 Å². The molecule has 5 nitrogen and oxygen atoms in total. The Labute approximate surface area is 129 Å². The van der Waals surface area contributed by atoms with Crippen LogP contribution in [0.1, 0.15) is 37.7 Å². The minimum Gasteiger partial charge on any atom is -0.446 e. The third-order valence-electron chi connectivity index (χ3n) is 4.42. The van der Waals surface area contributed by atoms with Crippen molar-refractivity contribution in [3.05, 3.63) is 35.4 Å². The molecule has 1 aromatic rings. The Morgan fingerprint density at radius 3 is 2.59 bits per heavy atom. The fourth-order valence-corrected chi connectivity index (χ4v) is 3.11. The second-order valence-corrected chi connectivity index (χ2v) is 5.92. The van der Waals surface area contributed by atoms with Gasteiger partial charge in [-0.3, -0.25) is 4.79 Å². The normalized spacial score (nSPS) is 19.4. The Kier molecular flexibility index (Phi) is 3.88. The molecule has 1 fully saturated rings. The predicted molar refractivity (Wildman–Crippen MR) is 84.0 cm³/mol. The van der Waals surface area contributed by atoms with Crippen molar-refractivity contribution in [1.82, 2.24) is 0 Å². The molecule has 0 saturated heterocycles. The molecule has 3 N–H and O–H groups in total. The van der Waals surface area contributed by atoms with Crippen LogP contribution >= 0.6 is 0 Å². The number of para-hydroxylation sites is 1. The summed E-state index contributed by atoms with van der Waals surface area (Å²) in [5, 5.41) is 3.19. The smallest absolute Gasteiger partial charge is 0.336 e. The number of benzene rings is 1. The maximum Gasteiger partial charge on any atom is 0.336 e. The number of anilines is 1. The van der Waals surface area contributed by atoms with Gasteiger partial charge in [-0.25, -0.2) is 4.79 Å². The second-order valence-electron chi connectivity index (χ2n) is 5.92. The number of amides is 1. The predicted octanol–water partition coefficient (Wildman–Crippen LogP) is 2.23. The van der Waals surface area contributed by atoms with E-state index < -0.39 is 17.5 Å². The van der Waals surface area contributed by atoms with Crippen LogP contribution in [0.4, 0.5) is 5.69 Å². The van der Waals surface area contributed by atoms with E-state index in [9.17, 15) is 9.59 Å². The van der Waals surface area contributed by atoms with E-state index in [0.29, 0.717) is 25.0 Å². The Bertz CT molecular complexity index is 631. The third kappa shape index (κ3) is 2.71. The molecule has 0 spiro atoms. The van der Waals surface area contributed by atoms with Crippen LogP contribution in [0.2, 0.25) is 0 Å². The number of carbonyl (C=O) groups excluding carboxylic acids is 2. The van der Waals surface area contributed by atoms with Gasteiger partial charge in [-0.15, -0.1) is 0 Å². The first kappa shape index (κ1) is 14.6. The lowest BCUT2D eigenvalue weighted by molar-refractivity contribution is -0.167. The Balaban J connectivity index is 1.80. The summed E-state index contributed by atoms with van der Waals surface area (Å²) in [5.74, 6) is -0.993. The Hall–Kier alpha value is -2.30. The van der Waals surface area contributed by atoms with Gasteiger partial charge in [-0.1, -0.05) is 24.6 Å². The SMILES string of the molecule is NC(=O)C1(OC(=O)C2=Cc3ccccc3NC2)CCCCC1. The summed E-state index contributed by atoms with van der Waals surface area (Å²) in [6.07, 6.45) is 5.61.